The van der Waals surface area contributed by atoms with Crippen molar-refractivity contribution in [3.05, 3.63) is 24.0 Å². The second-order valence-corrected chi connectivity index (χ2v) is 4.92. The molecule has 1 N–H and O–H groups in total. The van der Waals surface area contributed by atoms with Crippen molar-refractivity contribution < 1.29 is 9.18 Å². The highest BCUT2D eigenvalue weighted by Gasteiger charge is 2.12. The summed E-state index contributed by atoms with van der Waals surface area (Å²) in [6, 6.07) is 4.28. The number of carbonyl (C=O) groups is 1. The topological polar surface area (TPSA) is 42.0 Å². The number of alkyl halides is 1. The van der Waals surface area contributed by atoms with E-state index in [-0.39, 0.29) is 11.7 Å². The van der Waals surface area contributed by atoms with E-state index in [9.17, 15) is 9.18 Å². The monoisotopic (exact) mass is 258 g/mol. The van der Waals surface area contributed by atoms with E-state index >= 15 is 0 Å². The minimum Gasteiger partial charge on any atom is -0.301 e. The van der Waals surface area contributed by atoms with Crippen molar-refractivity contribution in [3.63, 3.8) is 0 Å². The first-order valence-electron chi connectivity index (χ1n) is 4.57. The highest BCUT2D eigenvalue weighted by atomic mass is 35.5. The Labute approximate surface area is 100 Å². The number of halogens is 2. The number of aromatic nitrogens is 1. The lowest BCUT2D eigenvalue weighted by Crippen LogP contribution is -2.19. The van der Waals surface area contributed by atoms with Gasteiger partial charge in [-0.3, -0.25) is 4.79 Å². The van der Waals surface area contributed by atoms with Gasteiger partial charge in [-0.1, -0.05) is 11.3 Å². The van der Waals surface area contributed by atoms with Crippen LogP contribution in [0.15, 0.2) is 18.2 Å². The molecule has 1 unspecified atom stereocenters. The van der Waals surface area contributed by atoms with Gasteiger partial charge in [-0.15, -0.1) is 11.6 Å². The van der Waals surface area contributed by atoms with Gasteiger partial charge >= 0.3 is 0 Å². The molecule has 0 fully saturated rings. The highest BCUT2D eigenvalue weighted by molar-refractivity contribution is 7.22. The lowest BCUT2D eigenvalue weighted by Gasteiger charge is -2.01. The van der Waals surface area contributed by atoms with E-state index in [1.807, 2.05) is 0 Å². The van der Waals surface area contributed by atoms with Crippen LogP contribution in [0.2, 0.25) is 0 Å². The van der Waals surface area contributed by atoms with Crippen LogP contribution < -0.4 is 5.32 Å². The van der Waals surface area contributed by atoms with Gasteiger partial charge in [0.2, 0.25) is 5.91 Å². The van der Waals surface area contributed by atoms with Gasteiger partial charge < -0.3 is 5.32 Å². The van der Waals surface area contributed by atoms with Crippen LogP contribution in [0.5, 0.6) is 0 Å². The van der Waals surface area contributed by atoms with Gasteiger partial charge in [0, 0.05) is 0 Å². The van der Waals surface area contributed by atoms with Crippen LogP contribution in [-0.4, -0.2) is 16.3 Å². The largest absolute Gasteiger partial charge is 0.301 e. The molecule has 0 bridgehead atoms. The standard InChI is InChI=1S/C10H8ClFN2OS/c1-5(11)9(15)14-10-13-7-3-2-6(12)4-8(7)16-10/h2-5H,1H3,(H,13,14,15). The quantitative estimate of drug-likeness (QED) is 0.842. The zero-order chi connectivity index (χ0) is 11.7. The minimum atomic E-state index is -0.622. The average Bonchev–Trinajstić information content (AvgIpc) is 2.58. The van der Waals surface area contributed by atoms with E-state index in [4.69, 9.17) is 11.6 Å². The summed E-state index contributed by atoms with van der Waals surface area (Å²) in [4.78, 5) is 15.4. The van der Waals surface area contributed by atoms with Crippen LogP contribution in [0.4, 0.5) is 9.52 Å². The molecule has 0 saturated carbocycles. The summed E-state index contributed by atoms with van der Waals surface area (Å²) in [5.41, 5.74) is 0.656. The van der Waals surface area contributed by atoms with Crippen LogP contribution in [0.3, 0.4) is 0 Å². The van der Waals surface area contributed by atoms with Gasteiger partial charge in [-0.25, -0.2) is 9.37 Å². The molecule has 0 radical (unpaired) electrons. The van der Waals surface area contributed by atoms with E-state index in [1.54, 1.807) is 13.0 Å². The van der Waals surface area contributed by atoms with Crippen LogP contribution in [0.25, 0.3) is 10.2 Å². The molecule has 0 aliphatic carbocycles. The zero-order valence-electron chi connectivity index (χ0n) is 8.33. The summed E-state index contributed by atoms with van der Waals surface area (Å²) >= 11 is 6.82. The van der Waals surface area contributed by atoms with E-state index < -0.39 is 5.38 Å². The van der Waals surface area contributed by atoms with Gasteiger partial charge in [0.05, 0.1) is 10.2 Å². The first-order valence-corrected chi connectivity index (χ1v) is 5.82. The van der Waals surface area contributed by atoms with Crippen molar-refractivity contribution in [1.29, 1.82) is 0 Å². The molecule has 3 nitrogen and oxygen atoms in total. The molecular formula is C10H8ClFN2OS. The maximum Gasteiger partial charge on any atom is 0.243 e. The molecule has 84 valence electrons. The molecule has 1 aromatic heterocycles. The van der Waals surface area contributed by atoms with Crippen LogP contribution in [0, 0.1) is 5.82 Å². The van der Waals surface area contributed by atoms with Gasteiger partial charge in [0.15, 0.2) is 5.13 Å². The Morgan fingerprint density at radius 1 is 1.62 bits per heavy atom. The Morgan fingerprint density at radius 3 is 3.06 bits per heavy atom. The summed E-state index contributed by atoms with van der Waals surface area (Å²) in [6.07, 6.45) is 0. The van der Waals surface area contributed by atoms with Gasteiger partial charge in [0.1, 0.15) is 11.2 Å². The molecular weight excluding hydrogens is 251 g/mol. The second kappa shape index (κ2) is 4.35. The number of benzene rings is 1. The van der Waals surface area contributed by atoms with E-state index in [0.29, 0.717) is 15.3 Å². The van der Waals surface area contributed by atoms with Crippen molar-refractivity contribution in [2.45, 2.75) is 12.3 Å². The van der Waals surface area contributed by atoms with E-state index in [0.717, 1.165) is 0 Å². The van der Waals surface area contributed by atoms with Crippen LogP contribution >= 0.6 is 22.9 Å². The Kier molecular flexibility index (Phi) is 3.07. The van der Waals surface area contributed by atoms with Crippen molar-refractivity contribution in [2.75, 3.05) is 5.32 Å². The van der Waals surface area contributed by atoms with E-state index in [2.05, 4.69) is 10.3 Å². The predicted octanol–water partition coefficient (Wildman–Crippen LogP) is 3.00. The lowest BCUT2D eigenvalue weighted by molar-refractivity contribution is -0.115. The molecule has 0 aliphatic rings. The molecule has 1 amide bonds. The minimum absolute atomic E-state index is 0.318. The van der Waals surface area contributed by atoms with Crippen molar-refractivity contribution in [3.8, 4) is 0 Å². The molecule has 2 rings (SSSR count). The maximum absolute atomic E-state index is 12.9. The number of anilines is 1. The van der Waals surface area contributed by atoms with Gasteiger partial charge in [-0.2, -0.15) is 0 Å². The number of carbonyl (C=O) groups excluding carboxylic acids is 1. The third-order valence-corrected chi connectivity index (χ3v) is 3.07. The first kappa shape index (κ1) is 11.3. The second-order valence-electron chi connectivity index (χ2n) is 3.24. The molecule has 0 aliphatic heterocycles. The number of fused-ring (bicyclic) bond motifs is 1. The average molecular weight is 259 g/mol. The predicted molar refractivity (Wildman–Crippen MR) is 63.5 cm³/mol. The number of hydrogen-bond donors (Lipinski definition) is 1. The van der Waals surface area contributed by atoms with Crippen LogP contribution in [-0.2, 0) is 4.79 Å². The van der Waals surface area contributed by atoms with E-state index in [1.165, 1.54) is 23.5 Å². The number of nitrogens with one attached hydrogen (secondary N) is 1. The van der Waals surface area contributed by atoms with Gasteiger partial charge in [-0.05, 0) is 25.1 Å². The summed E-state index contributed by atoms with van der Waals surface area (Å²) in [5, 5.41) is 2.37. The molecule has 0 saturated heterocycles. The Balaban J connectivity index is 2.29. The Morgan fingerprint density at radius 2 is 2.38 bits per heavy atom. The van der Waals surface area contributed by atoms with Crippen LogP contribution in [0.1, 0.15) is 6.92 Å². The zero-order valence-corrected chi connectivity index (χ0v) is 9.90. The molecule has 1 atom stereocenters. The Hall–Kier alpha value is -1.20. The van der Waals surface area contributed by atoms with Crippen molar-refractivity contribution in [1.82, 2.24) is 4.98 Å². The number of amides is 1. The normalized spacial score (nSPS) is 12.7. The summed E-state index contributed by atoms with van der Waals surface area (Å²) < 4.78 is 13.6. The molecule has 0 spiro atoms. The smallest absolute Gasteiger partial charge is 0.243 e. The summed E-state index contributed by atoms with van der Waals surface area (Å²) in [6.45, 7) is 1.57. The molecule has 6 heteroatoms. The molecule has 1 heterocycles. The lowest BCUT2D eigenvalue weighted by atomic mass is 10.3. The fourth-order valence-electron chi connectivity index (χ4n) is 1.16. The first-order chi connectivity index (χ1) is 7.56. The fourth-order valence-corrected chi connectivity index (χ4v) is 2.10. The molecule has 16 heavy (non-hydrogen) atoms. The number of nitrogens with zero attached hydrogens (tertiary/aromatic N) is 1. The SMILES string of the molecule is CC(Cl)C(=O)Nc1nc2ccc(F)cc2s1. The van der Waals surface area contributed by atoms with Crippen molar-refractivity contribution in [2.24, 2.45) is 0 Å². The molecule has 2 aromatic rings. The summed E-state index contributed by atoms with van der Waals surface area (Å²) in [7, 11) is 0. The number of hydrogen-bond acceptors (Lipinski definition) is 3. The number of thiazole rings is 1. The maximum atomic E-state index is 12.9. The summed E-state index contributed by atoms with van der Waals surface area (Å²) in [5.74, 6) is -0.638. The third-order valence-electron chi connectivity index (χ3n) is 1.94. The Bertz CT molecular complexity index is 541. The number of rotatable bonds is 2. The highest BCUT2D eigenvalue weighted by Crippen LogP contribution is 2.26. The molecule has 1 aromatic carbocycles. The fraction of sp³-hybridized carbons (Fsp3) is 0.200. The van der Waals surface area contributed by atoms with Gasteiger partial charge in [0.25, 0.3) is 0 Å². The third kappa shape index (κ3) is 2.31. The van der Waals surface area contributed by atoms with Crippen molar-refractivity contribution >= 4 is 44.2 Å².